The van der Waals surface area contributed by atoms with E-state index in [2.05, 4.69) is 33.0 Å². The van der Waals surface area contributed by atoms with Gasteiger partial charge in [0.1, 0.15) is 0 Å². The largest absolute Gasteiger partial charge is 0.383 e. The Morgan fingerprint density at radius 3 is 2.25 bits per heavy atom. The van der Waals surface area contributed by atoms with Gasteiger partial charge < -0.3 is 10.1 Å². The summed E-state index contributed by atoms with van der Waals surface area (Å²) in [5, 5.41) is 3.67. The zero-order chi connectivity index (χ0) is 12.4. The highest BCUT2D eigenvalue weighted by molar-refractivity contribution is 4.74. The van der Waals surface area contributed by atoms with E-state index in [4.69, 9.17) is 4.74 Å². The molecule has 1 N–H and O–H groups in total. The van der Waals surface area contributed by atoms with E-state index in [1.54, 1.807) is 7.11 Å². The molecule has 0 spiro atoms. The maximum Gasteiger partial charge on any atom is 0.0618 e. The van der Waals surface area contributed by atoms with Crippen LogP contribution in [0.1, 0.15) is 59.8 Å². The van der Waals surface area contributed by atoms with Gasteiger partial charge in [0.15, 0.2) is 0 Å². The summed E-state index contributed by atoms with van der Waals surface area (Å²) in [5.41, 5.74) is 0. The Morgan fingerprint density at radius 1 is 1.06 bits per heavy atom. The summed E-state index contributed by atoms with van der Waals surface area (Å²) < 4.78 is 5.25. The van der Waals surface area contributed by atoms with Crippen LogP contribution in [-0.2, 0) is 4.74 Å². The third kappa shape index (κ3) is 8.12. The van der Waals surface area contributed by atoms with E-state index in [1.807, 2.05) is 0 Å². The molecule has 0 fully saturated rings. The molecule has 0 saturated carbocycles. The average Bonchev–Trinajstić information content (AvgIpc) is 2.23. The van der Waals surface area contributed by atoms with E-state index in [1.165, 1.54) is 32.1 Å². The SMILES string of the molecule is CCCCCCC(C)NC(COC)C(C)C. The van der Waals surface area contributed by atoms with Gasteiger partial charge in [0, 0.05) is 19.2 Å². The molecule has 2 nitrogen and oxygen atoms in total. The fourth-order valence-electron chi connectivity index (χ4n) is 1.94. The Hall–Kier alpha value is -0.0800. The minimum Gasteiger partial charge on any atom is -0.383 e. The molecule has 98 valence electrons. The van der Waals surface area contributed by atoms with Gasteiger partial charge >= 0.3 is 0 Å². The summed E-state index contributed by atoms with van der Waals surface area (Å²) in [6.45, 7) is 9.87. The summed E-state index contributed by atoms with van der Waals surface area (Å²) in [4.78, 5) is 0. The molecule has 0 radical (unpaired) electrons. The smallest absolute Gasteiger partial charge is 0.0618 e. The predicted molar refractivity (Wildman–Crippen MR) is 71.9 cm³/mol. The first-order chi connectivity index (χ1) is 7.61. The molecule has 0 aromatic heterocycles. The normalized spacial score (nSPS) is 15.4. The highest BCUT2D eigenvalue weighted by Crippen LogP contribution is 2.08. The Morgan fingerprint density at radius 2 is 1.75 bits per heavy atom. The first-order valence-corrected chi connectivity index (χ1v) is 6.86. The zero-order valence-electron chi connectivity index (χ0n) is 11.9. The third-order valence-electron chi connectivity index (χ3n) is 3.14. The lowest BCUT2D eigenvalue weighted by molar-refractivity contribution is 0.140. The molecule has 0 aromatic carbocycles. The fraction of sp³-hybridized carbons (Fsp3) is 1.00. The van der Waals surface area contributed by atoms with Crippen molar-refractivity contribution in [1.82, 2.24) is 5.32 Å². The van der Waals surface area contributed by atoms with Crippen LogP contribution in [0.5, 0.6) is 0 Å². The number of methoxy groups -OCH3 is 1. The Bertz CT molecular complexity index is 148. The van der Waals surface area contributed by atoms with E-state index in [-0.39, 0.29) is 0 Å². The highest BCUT2D eigenvalue weighted by Gasteiger charge is 2.15. The van der Waals surface area contributed by atoms with Gasteiger partial charge in [-0.2, -0.15) is 0 Å². The molecule has 0 saturated heterocycles. The molecular weight excluding hydrogens is 198 g/mol. The molecule has 0 rings (SSSR count). The topological polar surface area (TPSA) is 21.3 Å². The summed E-state index contributed by atoms with van der Waals surface area (Å²) in [7, 11) is 1.78. The van der Waals surface area contributed by atoms with Gasteiger partial charge in [0.2, 0.25) is 0 Å². The van der Waals surface area contributed by atoms with Crippen molar-refractivity contribution in [3.05, 3.63) is 0 Å². The van der Waals surface area contributed by atoms with Crippen LogP contribution in [0.15, 0.2) is 0 Å². The van der Waals surface area contributed by atoms with Crippen molar-refractivity contribution in [2.45, 2.75) is 71.9 Å². The van der Waals surface area contributed by atoms with Crippen molar-refractivity contribution in [3.63, 3.8) is 0 Å². The van der Waals surface area contributed by atoms with Gasteiger partial charge in [-0.3, -0.25) is 0 Å². The minimum atomic E-state index is 0.492. The number of nitrogens with one attached hydrogen (secondary N) is 1. The molecule has 0 heterocycles. The van der Waals surface area contributed by atoms with E-state index in [0.717, 1.165) is 6.61 Å². The van der Waals surface area contributed by atoms with Crippen molar-refractivity contribution in [1.29, 1.82) is 0 Å². The van der Waals surface area contributed by atoms with Gasteiger partial charge in [0.25, 0.3) is 0 Å². The maximum absolute atomic E-state index is 5.25. The van der Waals surface area contributed by atoms with Crippen molar-refractivity contribution >= 4 is 0 Å². The maximum atomic E-state index is 5.25. The second-order valence-corrected chi connectivity index (χ2v) is 5.22. The van der Waals surface area contributed by atoms with Crippen LogP contribution in [0.3, 0.4) is 0 Å². The van der Waals surface area contributed by atoms with Crippen LogP contribution in [0.4, 0.5) is 0 Å². The fourth-order valence-corrected chi connectivity index (χ4v) is 1.94. The molecule has 2 heteroatoms. The van der Waals surface area contributed by atoms with Crippen LogP contribution in [0.2, 0.25) is 0 Å². The third-order valence-corrected chi connectivity index (χ3v) is 3.14. The molecule has 2 atom stereocenters. The Labute approximate surface area is 102 Å². The van der Waals surface area contributed by atoms with Crippen molar-refractivity contribution in [3.8, 4) is 0 Å². The lowest BCUT2D eigenvalue weighted by atomic mass is 10.0. The van der Waals surface area contributed by atoms with Gasteiger partial charge in [-0.15, -0.1) is 0 Å². The molecule has 0 aromatic rings. The zero-order valence-corrected chi connectivity index (χ0v) is 11.9. The summed E-state index contributed by atoms with van der Waals surface area (Å²) in [5.74, 6) is 0.637. The summed E-state index contributed by atoms with van der Waals surface area (Å²) in [6, 6.07) is 1.10. The standard InChI is InChI=1S/C14H31NO/c1-6-7-8-9-10-13(4)15-14(11-16-5)12(2)3/h12-15H,6-11H2,1-5H3. The van der Waals surface area contributed by atoms with E-state index < -0.39 is 0 Å². The summed E-state index contributed by atoms with van der Waals surface area (Å²) in [6.07, 6.45) is 6.70. The van der Waals surface area contributed by atoms with Crippen molar-refractivity contribution in [2.75, 3.05) is 13.7 Å². The van der Waals surface area contributed by atoms with Gasteiger partial charge in [-0.05, 0) is 19.3 Å². The van der Waals surface area contributed by atoms with Crippen LogP contribution >= 0.6 is 0 Å². The quantitative estimate of drug-likeness (QED) is 0.578. The Balaban J connectivity index is 3.68. The van der Waals surface area contributed by atoms with Gasteiger partial charge in [-0.25, -0.2) is 0 Å². The molecule has 0 aliphatic heterocycles. The number of unbranched alkanes of at least 4 members (excludes halogenated alkanes) is 3. The van der Waals surface area contributed by atoms with Crippen LogP contribution < -0.4 is 5.32 Å². The lowest BCUT2D eigenvalue weighted by Gasteiger charge is -2.25. The second-order valence-electron chi connectivity index (χ2n) is 5.22. The summed E-state index contributed by atoms with van der Waals surface area (Å²) >= 11 is 0. The van der Waals surface area contributed by atoms with E-state index in [9.17, 15) is 0 Å². The monoisotopic (exact) mass is 229 g/mol. The number of hydrogen-bond donors (Lipinski definition) is 1. The predicted octanol–water partition coefficient (Wildman–Crippen LogP) is 3.61. The average molecular weight is 229 g/mol. The molecule has 0 aliphatic rings. The Kier molecular flexibility index (Phi) is 10.0. The molecule has 0 bridgehead atoms. The number of ether oxygens (including phenoxy) is 1. The molecule has 16 heavy (non-hydrogen) atoms. The first-order valence-electron chi connectivity index (χ1n) is 6.86. The van der Waals surface area contributed by atoms with E-state index >= 15 is 0 Å². The molecule has 0 amide bonds. The van der Waals surface area contributed by atoms with Crippen molar-refractivity contribution in [2.24, 2.45) is 5.92 Å². The van der Waals surface area contributed by atoms with Crippen molar-refractivity contribution < 1.29 is 4.74 Å². The number of hydrogen-bond acceptors (Lipinski definition) is 2. The molecular formula is C14H31NO. The lowest BCUT2D eigenvalue weighted by Crippen LogP contribution is -2.42. The van der Waals surface area contributed by atoms with Crippen LogP contribution in [0.25, 0.3) is 0 Å². The highest BCUT2D eigenvalue weighted by atomic mass is 16.5. The van der Waals surface area contributed by atoms with Gasteiger partial charge in [-0.1, -0.05) is 46.5 Å². The van der Waals surface area contributed by atoms with Crippen LogP contribution in [-0.4, -0.2) is 25.8 Å². The van der Waals surface area contributed by atoms with Gasteiger partial charge in [0.05, 0.1) is 6.61 Å². The second kappa shape index (κ2) is 10.1. The van der Waals surface area contributed by atoms with Crippen LogP contribution in [0, 0.1) is 5.92 Å². The molecule has 0 aliphatic carbocycles. The van der Waals surface area contributed by atoms with E-state index in [0.29, 0.717) is 18.0 Å². The molecule has 2 unspecified atom stereocenters. The minimum absolute atomic E-state index is 0.492. The number of rotatable bonds is 10. The first kappa shape index (κ1) is 15.9.